The molecule has 0 radical (unpaired) electrons. The number of hydrogen-bond acceptors (Lipinski definition) is 7. The van der Waals surface area contributed by atoms with Gasteiger partial charge >= 0.3 is 5.97 Å². The minimum atomic E-state index is -0.619. The Bertz CT molecular complexity index is 1070. The number of pyridine rings is 1. The summed E-state index contributed by atoms with van der Waals surface area (Å²) >= 11 is 0. The Morgan fingerprint density at radius 2 is 1.97 bits per heavy atom. The Hall–Kier alpha value is -3.62. The Morgan fingerprint density at radius 1 is 1.12 bits per heavy atom. The van der Waals surface area contributed by atoms with E-state index in [4.69, 9.17) is 9.47 Å². The fourth-order valence-electron chi connectivity index (χ4n) is 3.91. The Labute approximate surface area is 184 Å². The standard InChI is InChI=1S/C23H23N3O6/c1-30-21(27)13-25-12-14-2-3-15(10-18(14)22(25)28)26-9-8-19(23(26)29)31-17-6-7-20(24-11-17)32-16-4-5-16/h2-3,6-7,10-11,16,19H,4-5,8-9,12-13H2,1H3/t19-/m1/s1. The van der Waals surface area contributed by atoms with Gasteiger partial charge in [0.2, 0.25) is 5.88 Å². The smallest absolute Gasteiger partial charge is 0.325 e. The van der Waals surface area contributed by atoms with E-state index in [0.717, 1.165) is 18.4 Å². The highest BCUT2D eigenvalue weighted by atomic mass is 16.5. The summed E-state index contributed by atoms with van der Waals surface area (Å²) in [6.45, 7) is 0.728. The lowest BCUT2D eigenvalue weighted by Crippen LogP contribution is -2.32. The highest BCUT2D eigenvalue weighted by molar-refractivity contribution is 6.03. The molecule has 2 fully saturated rings. The maximum atomic E-state index is 13.0. The summed E-state index contributed by atoms with van der Waals surface area (Å²) in [6.07, 6.45) is 3.86. The fraction of sp³-hybridized carbons (Fsp3) is 0.391. The van der Waals surface area contributed by atoms with Crippen molar-refractivity contribution >= 4 is 23.5 Å². The molecular weight excluding hydrogens is 414 g/mol. The van der Waals surface area contributed by atoms with Crippen molar-refractivity contribution in [3.63, 3.8) is 0 Å². The average Bonchev–Trinajstić information content (AvgIpc) is 3.48. The highest BCUT2D eigenvalue weighted by Gasteiger charge is 2.36. The van der Waals surface area contributed by atoms with Crippen molar-refractivity contribution in [2.75, 3.05) is 25.1 Å². The van der Waals surface area contributed by atoms with Crippen LogP contribution in [0.2, 0.25) is 0 Å². The molecule has 0 N–H and O–H groups in total. The van der Waals surface area contributed by atoms with Crippen LogP contribution in [0.3, 0.4) is 0 Å². The lowest BCUT2D eigenvalue weighted by atomic mass is 10.1. The first-order valence-corrected chi connectivity index (χ1v) is 10.6. The molecule has 1 saturated carbocycles. The van der Waals surface area contributed by atoms with Crippen LogP contribution in [0.25, 0.3) is 0 Å². The lowest BCUT2D eigenvalue weighted by Gasteiger charge is -2.18. The van der Waals surface area contributed by atoms with E-state index in [1.807, 2.05) is 12.1 Å². The summed E-state index contributed by atoms with van der Waals surface area (Å²) in [4.78, 5) is 44.5. The predicted octanol–water partition coefficient (Wildman–Crippen LogP) is 1.94. The number of rotatable bonds is 7. The van der Waals surface area contributed by atoms with Gasteiger partial charge in [-0.15, -0.1) is 0 Å². The average molecular weight is 437 g/mol. The van der Waals surface area contributed by atoms with Gasteiger partial charge in [0.05, 0.1) is 13.3 Å². The van der Waals surface area contributed by atoms with Crippen LogP contribution in [0.5, 0.6) is 11.6 Å². The molecule has 3 aliphatic rings. The third kappa shape index (κ3) is 3.98. The number of ether oxygens (including phenoxy) is 3. The Morgan fingerprint density at radius 3 is 2.69 bits per heavy atom. The number of nitrogens with zero attached hydrogens (tertiary/aromatic N) is 3. The maximum Gasteiger partial charge on any atom is 0.325 e. The molecule has 3 heterocycles. The van der Waals surface area contributed by atoms with Gasteiger partial charge in [0.15, 0.2) is 6.10 Å². The summed E-state index contributed by atoms with van der Waals surface area (Å²) in [7, 11) is 1.29. The van der Waals surface area contributed by atoms with Gasteiger partial charge in [0.25, 0.3) is 11.8 Å². The quantitative estimate of drug-likeness (QED) is 0.611. The van der Waals surface area contributed by atoms with Gasteiger partial charge in [-0.1, -0.05) is 6.07 Å². The number of carbonyl (C=O) groups excluding carboxylic acids is 3. The lowest BCUT2D eigenvalue weighted by molar-refractivity contribution is -0.141. The molecule has 1 saturated heterocycles. The molecule has 0 spiro atoms. The number of carbonyl (C=O) groups is 3. The first kappa shape index (κ1) is 20.3. The molecule has 1 aromatic carbocycles. The molecule has 1 aromatic heterocycles. The van der Waals surface area contributed by atoms with Crippen LogP contribution in [-0.4, -0.2) is 60.1 Å². The second kappa shape index (κ2) is 8.14. The number of aromatic nitrogens is 1. The zero-order chi connectivity index (χ0) is 22.2. The van der Waals surface area contributed by atoms with Crippen molar-refractivity contribution < 1.29 is 28.6 Å². The molecule has 2 amide bonds. The van der Waals surface area contributed by atoms with Crippen molar-refractivity contribution in [3.05, 3.63) is 47.7 Å². The number of amides is 2. The zero-order valence-corrected chi connectivity index (χ0v) is 17.7. The van der Waals surface area contributed by atoms with E-state index in [1.165, 1.54) is 12.0 Å². The van der Waals surface area contributed by atoms with Crippen LogP contribution in [0.4, 0.5) is 5.69 Å². The van der Waals surface area contributed by atoms with E-state index in [1.54, 1.807) is 29.3 Å². The first-order valence-electron chi connectivity index (χ1n) is 10.6. The number of anilines is 1. The monoisotopic (exact) mass is 437 g/mol. The zero-order valence-electron chi connectivity index (χ0n) is 17.7. The summed E-state index contributed by atoms with van der Waals surface area (Å²) < 4.78 is 16.1. The molecule has 1 aliphatic carbocycles. The van der Waals surface area contributed by atoms with Gasteiger partial charge in [-0.05, 0) is 36.6 Å². The second-order valence-electron chi connectivity index (χ2n) is 8.11. The van der Waals surface area contributed by atoms with Gasteiger partial charge in [0, 0.05) is 36.8 Å². The molecule has 9 nitrogen and oxygen atoms in total. The molecule has 0 bridgehead atoms. The minimum absolute atomic E-state index is 0.101. The van der Waals surface area contributed by atoms with Crippen LogP contribution < -0.4 is 14.4 Å². The molecular formula is C23H23N3O6. The SMILES string of the molecule is COC(=O)CN1Cc2ccc(N3CC[C@@H](Oc4ccc(OC5CC5)nc4)C3=O)cc2C1=O. The summed E-state index contributed by atoms with van der Waals surface area (Å²) in [5, 5.41) is 0. The van der Waals surface area contributed by atoms with Gasteiger partial charge in [-0.25, -0.2) is 4.98 Å². The minimum Gasteiger partial charge on any atom is -0.479 e. The van der Waals surface area contributed by atoms with Crippen molar-refractivity contribution in [2.45, 2.75) is 38.0 Å². The Balaban J connectivity index is 1.24. The molecule has 2 aliphatic heterocycles. The number of esters is 1. The van der Waals surface area contributed by atoms with Crippen molar-refractivity contribution in [1.29, 1.82) is 0 Å². The third-order valence-corrected chi connectivity index (χ3v) is 5.79. The van der Waals surface area contributed by atoms with Crippen LogP contribution >= 0.6 is 0 Å². The third-order valence-electron chi connectivity index (χ3n) is 5.79. The molecule has 0 unspecified atom stereocenters. The van der Waals surface area contributed by atoms with E-state index in [0.29, 0.717) is 42.4 Å². The van der Waals surface area contributed by atoms with Crippen LogP contribution in [0.1, 0.15) is 35.2 Å². The second-order valence-corrected chi connectivity index (χ2v) is 8.11. The predicted molar refractivity (Wildman–Crippen MR) is 112 cm³/mol. The maximum absolute atomic E-state index is 13.0. The number of hydrogen-bond donors (Lipinski definition) is 0. The van der Waals surface area contributed by atoms with E-state index < -0.39 is 12.1 Å². The van der Waals surface area contributed by atoms with Crippen molar-refractivity contribution in [1.82, 2.24) is 9.88 Å². The van der Waals surface area contributed by atoms with Crippen LogP contribution in [-0.2, 0) is 20.9 Å². The number of fused-ring (bicyclic) bond motifs is 1. The number of benzene rings is 1. The molecule has 32 heavy (non-hydrogen) atoms. The molecule has 9 heteroatoms. The normalized spacial score (nSPS) is 19.8. The van der Waals surface area contributed by atoms with E-state index in [-0.39, 0.29) is 24.5 Å². The molecule has 1 atom stereocenters. The van der Waals surface area contributed by atoms with Crippen LogP contribution in [0.15, 0.2) is 36.5 Å². The largest absolute Gasteiger partial charge is 0.479 e. The highest BCUT2D eigenvalue weighted by Crippen LogP contribution is 2.31. The van der Waals surface area contributed by atoms with Gasteiger partial charge in [-0.3, -0.25) is 14.4 Å². The van der Waals surface area contributed by atoms with Crippen molar-refractivity contribution in [2.24, 2.45) is 0 Å². The van der Waals surface area contributed by atoms with Gasteiger partial charge < -0.3 is 24.0 Å². The molecule has 5 rings (SSSR count). The Kier molecular flexibility index (Phi) is 5.16. The topological polar surface area (TPSA) is 98.3 Å². The van der Waals surface area contributed by atoms with E-state index >= 15 is 0 Å². The van der Waals surface area contributed by atoms with Gasteiger partial charge in [0.1, 0.15) is 18.4 Å². The molecule has 166 valence electrons. The summed E-state index contributed by atoms with van der Waals surface area (Å²) in [6, 6.07) is 8.85. The van der Waals surface area contributed by atoms with Crippen LogP contribution in [0, 0.1) is 0 Å². The van der Waals surface area contributed by atoms with E-state index in [2.05, 4.69) is 9.72 Å². The summed E-state index contributed by atoms with van der Waals surface area (Å²) in [5.74, 6) is 0.188. The fourth-order valence-corrected chi connectivity index (χ4v) is 3.91. The summed E-state index contributed by atoms with van der Waals surface area (Å²) in [5.41, 5.74) is 1.96. The van der Waals surface area contributed by atoms with Crippen molar-refractivity contribution in [3.8, 4) is 11.6 Å². The van der Waals surface area contributed by atoms with E-state index in [9.17, 15) is 14.4 Å². The molecule has 2 aromatic rings. The first-order chi connectivity index (χ1) is 15.5. The van der Waals surface area contributed by atoms with Gasteiger partial charge in [-0.2, -0.15) is 0 Å². The number of methoxy groups -OCH3 is 1.